The summed E-state index contributed by atoms with van der Waals surface area (Å²) in [5, 5.41) is 10.6. The van der Waals surface area contributed by atoms with Crippen LogP contribution in [-0.2, 0) is 65.4 Å². The van der Waals surface area contributed by atoms with Crippen LogP contribution in [0.4, 0.5) is 0 Å². The lowest BCUT2D eigenvalue weighted by atomic mass is 9.99. The van der Waals surface area contributed by atoms with E-state index in [0.29, 0.717) is 31.6 Å². The topological polar surface area (TPSA) is 237 Å². The number of ether oxygens (including phenoxy) is 4. The highest BCUT2D eigenvalue weighted by molar-refractivity contribution is 7.47. The predicted molar refractivity (Wildman–Crippen MR) is 372 cm³/mol. The van der Waals surface area contributed by atoms with Gasteiger partial charge in [-0.2, -0.15) is 0 Å². The molecule has 0 radical (unpaired) electrons. The fourth-order valence-electron chi connectivity index (χ4n) is 11.0. The van der Waals surface area contributed by atoms with E-state index in [4.69, 9.17) is 37.0 Å². The van der Waals surface area contributed by atoms with E-state index < -0.39 is 97.5 Å². The average molecular weight is 1350 g/mol. The first-order chi connectivity index (χ1) is 44.3. The molecule has 0 aromatic heterocycles. The van der Waals surface area contributed by atoms with Gasteiger partial charge in [0, 0.05) is 25.7 Å². The van der Waals surface area contributed by atoms with Crippen LogP contribution in [0.3, 0.4) is 0 Å². The van der Waals surface area contributed by atoms with Crippen LogP contribution in [0.2, 0.25) is 0 Å². The van der Waals surface area contributed by atoms with E-state index in [2.05, 4.69) is 48.5 Å². The molecule has 92 heavy (non-hydrogen) atoms. The Balaban J connectivity index is 5.24. The van der Waals surface area contributed by atoms with Gasteiger partial charge in [0.05, 0.1) is 26.4 Å². The highest BCUT2D eigenvalue weighted by Crippen LogP contribution is 2.45. The summed E-state index contributed by atoms with van der Waals surface area (Å²) in [4.78, 5) is 72.6. The van der Waals surface area contributed by atoms with Crippen LogP contribution < -0.4 is 0 Å². The Morgan fingerprint density at radius 1 is 0.315 bits per heavy atom. The number of phosphoric acid groups is 2. The van der Waals surface area contributed by atoms with Gasteiger partial charge in [-0.1, -0.05) is 318 Å². The highest BCUT2D eigenvalue weighted by atomic mass is 31.2. The fraction of sp³-hybridized carbons (Fsp3) is 0.945. The first-order valence-corrected chi connectivity index (χ1v) is 40.9. The summed E-state index contributed by atoms with van der Waals surface area (Å²) in [5.41, 5.74) is 0. The van der Waals surface area contributed by atoms with Crippen LogP contribution in [0.5, 0.6) is 0 Å². The first kappa shape index (κ1) is 90.1. The Labute approximate surface area is 562 Å². The monoisotopic (exact) mass is 1350 g/mol. The van der Waals surface area contributed by atoms with Crippen molar-refractivity contribution >= 4 is 39.5 Å². The first-order valence-electron chi connectivity index (χ1n) is 37.9. The molecule has 0 rings (SSSR count). The van der Waals surface area contributed by atoms with Gasteiger partial charge in [-0.05, 0) is 43.4 Å². The molecule has 3 unspecified atom stereocenters. The van der Waals surface area contributed by atoms with E-state index in [1.807, 2.05) is 0 Å². The maximum Gasteiger partial charge on any atom is 0.472 e. The van der Waals surface area contributed by atoms with Gasteiger partial charge in [-0.15, -0.1) is 0 Å². The molecule has 0 amide bonds. The lowest BCUT2D eigenvalue weighted by Crippen LogP contribution is -2.30. The van der Waals surface area contributed by atoms with Crippen molar-refractivity contribution in [2.24, 2.45) is 17.8 Å². The lowest BCUT2D eigenvalue weighted by Gasteiger charge is -2.21. The van der Waals surface area contributed by atoms with Crippen molar-refractivity contribution in [2.45, 2.75) is 388 Å². The molecule has 0 heterocycles. The number of rotatable bonds is 71. The molecule has 19 heteroatoms. The number of hydrogen-bond donors (Lipinski definition) is 3. The van der Waals surface area contributed by atoms with E-state index in [0.717, 1.165) is 108 Å². The second-order valence-corrected chi connectivity index (χ2v) is 30.4. The van der Waals surface area contributed by atoms with Gasteiger partial charge >= 0.3 is 39.5 Å². The summed E-state index contributed by atoms with van der Waals surface area (Å²) in [6, 6.07) is 0. The van der Waals surface area contributed by atoms with Gasteiger partial charge < -0.3 is 33.8 Å². The van der Waals surface area contributed by atoms with Crippen molar-refractivity contribution in [3.05, 3.63) is 0 Å². The summed E-state index contributed by atoms with van der Waals surface area (Å²) in [7, 11) is -9.91. The Hall–Kier alpha value is -1.94. The van der Waals surface area contributed by atoms with Gasteiger partial charge in [0.1, 0.15) is 19.3 Å². The number of aliphatic hydroxyl groups excluding tert-OH is 1. The summed E-state index contributed by atoms with van der Waals surface area (Å²) in [6.07, 6.45) is 48.7. The molecule has 17 nitrogen and oxygen atoms in total. The Morgan fingerprint density at radius 2 is 0.554 bits per heavy atom. The summed E-state index contributed by atoms with van der Waals surface area (Å²) in [5.74, 6) is 0.0952. The number of carbonyl (C=O) groups is 4. The molecular weight excluding hydrogens is 1210 g/mol. The van der Waals surface area contributed by atoms with Crippen LogP contribution in [-0.4, -0.2) is 96.7 Å². The molecule has 0 aliphatic rings. The smallest absolute Gasteiger partial charge is 0.462 e. The van der Waals surface area contributed by atoms with Crippen molar-refractivity contribution in [3.63, 3.8) is 0 Å². The zero-order chi connectivity index (χ0) is 68.0. The minimum atomic E-state index is -4.96. The number of carbonyl (C=O) groups excluding carboxylic acids is 4. The Bertz CT molecular complexity index is 1800. The van der Waals surface area contributed by atoms with Gasteiger partial charge in [0.25, 0.3) is 0 Å². The largest absolute Gasteiger partial charge is 0.472 e. The molecule has 0 aliphatic heterocycles. The summed E-state index contributed by atoms with van der Waals surface area (Å²) >= 11 is 0. The Morgan fingerprint density at radius 3 is 0.826 bits per heavy atom. The molecule has 0 aliphatic carbocycles. The molecule has 6 atom stereocenters. The molecule has 546 valence electrons. The third kappa shape index (κ3) is 65.4. The third-order valence-corrected chi connectivity index (χ3v) is 19.1. The van der Waals surface area contributed by atoms with Crippen molar-refractivity contribution in [1.82, 2.24) is 0 Å². The van der Waals surface area contributed by atoms with E-state index in [1.54, 1.807) is 0 Å². The molecule has 0 saturated heterocycles. The highest BCUT2D eigenvalue weighted by Gasteiger charge is 2.30. The normalized spacial score (nSPS) is 14.4. The van der Waals surface area contributed by atoms with E-state index in [1.165, 1.54) is 173 Å². The lowest BCUT2D eigenvalue weighted by molar-refractivity contribution is -0.161. The number of esters is 4. The number of unbranched alkanes of at least 4 members (excludes halogenated alkanes) is 38. The van der Waals surface area contributed by atoms with Crippen molar-refractivity contribution < 1.29 is 80.2 Å². The molecule has 0 spiro atoms. The number of aliphatic hydroxyl groups is 1. The second kappa shape index (κ2) is 63.8. The van der Waals surface area contributed by atoms with Gasteiger partial charge in [-0.25, -0.2) is 9.13 Å². The third-order valence-electron chi connectivity index (χ3n) is 17.2. The minimum Gasteiger partial charge on any atom is -0.462 e. The second-order valence-electron chi connectivity index (χ2n) is 27.5. The van der Waals surface area contributed by atoms with Crippen LogP contribution in [0.15, 0.2) is 0 Å². The van der Waals surface area contributed by atoms with Crippen molar-refractivity contribution in [2.75, 3.05) is 39.6 Å². The molecule has 0 fully saturated rings. The van der Waals surface area contributed by atoms with Gasteiger partial charge in [-0.3, -0.25) is 37.3 Å². The average Bonchev–Trinajstić information content (AvgIpc) is 1.85. The predicted octanol–water partition coefficient (Wildman–Crippen LogP) is 21.0. The maximum absolute atomic E-state index is 13.1. The van der Waals surface area contributed by atoms with E-state index in [-0.39, 0.29) is 25.7 Å². The summed E-state index contributed by atoms with van der Waals surface area (Å²) < 4.78 is 68.4. The van der Waals surface area contributed by atoms with Gasteiger partial charge in [0.2, 0.25) is 0 Å². The standard InChI is InChI=1S/C73H142O17P2/c1-8-10-11-12-13-14-15-16-17-18-19-20-23-27-33-42-49-56-72(77)89-68(60-83-70(75)54-47-40-32-26-24-21-22-25-30-37-44-51-64(3)4)62-87-91(79,80)85-58-67(74)59-86-92(81,82)88-63-69(61-84-71(76)55-48-41-36-35-38-45-52-65(5)6)90-73(78)57-50-43-34-29-28-31-39-46-53-66(7)9-2/h64-69,74H,8-63H2,1-7H3,(H,79,80)(H,81,82)/t66?,67-,68-,69-/m1/s1. The minimum absolute atomic E-state index is 0.104. The van der Waals surface area contributed by atoms with E-state index >= 15 is 0 Å². The zero-order valence-corrected chi connectivity index (χ0v) is 61.8. The summed E-state index contributed by atoms with van der Waals surface area (Å²) in [6.45, 7) is 11.8. The maximum atomic E-state index is 13.1. The number of hydrogen-bond acceptors (Lipinski definition) is 15. The fourth-order valence-corrected chi connectivity index (χ4v) is 12.6. The molecular formula is C73H142O17P2. The molecule has 0 bridgehead atoms. The molecule has 0 aromatic rings. The van der Waals surface area contributed by atoms with Crippen LogP contribution >= 0.6 is 15.6 Å². The zero-order valence-electron chi connectivity index (χ0n) is 60.0. The SMILES string of the molecule is CCCCCCCCCCCCCCCCCCCC(=O)O[C@H](COC(=O)CCCCCCCCCCCCCC(C)C)COP(=O)(O)OC[C@@H](O)COP(=O)(O)OC[C@@H](COC(=O)CCCCCCCCC(C)C)OC(=O)CCCCCCCCCCC(C)CC. The van der Waals surface area contributed by atoms with Crippen LogP contribution in [0.25, 0.3) is 0 Å². The van der Waals surface area contributed by atoms with Crippen LogP contribution in [0, 0.1) is 17.8 Å². The molecule has 3 N–H and O–H groups in total. The molecule has 0 saturated carbocycles. The van der Waals surface area contributed by atoms with E-state index in [9.17, 15) is 43.2 Å². The Kier molecular flexibility index (Phi) is 62.4. The number of phosphoric ester groups is 2. The van der Waals surface area contributed by atoms with Crippen molar-refractivity contribution in [3.8, 4) is 0 Å². The molecule has 0 aromatic carbocycles. The van der Waals surface area contributed by atoms with Crippen molar-refractivity contribution in [1.29, 1.82) is 0 Å². The van der Waals surface area contributed by atoms with Crippen LogP contribution in [0.1, 0.15) is 370 Å². The van der Waals surface area contributed by atoms with Gasteiger partial charge in [0.15, 0.2) is 12.2 Å². The quantitative estimate of drug-likeness (QED) is 0.0222.